The van der Waals surface area contributed by atoms with E-state index in [1.807, 2.05) is 85.1 Å². The zero-order chi connectivity index (χ0) is 26.9. The molecule has 39 heavy (non-hydrogen) atoms. The Balaban J connectivity index is 1.42. The average Bonchev–Trinajstić information content (AvgIpc) is 3.45. The normalized spacial score (nSPS) is 16.8. The van der Waals surface area contributed by atoms with Gasteiger partial charge in [0.25, 0.3) is 0 Å². The van der Waals surface area contributed by atoms with E-state index in [1.165, 1.54) is 5.56 Å². The maximum absolute atomic E-state index is 6.36. The quantitative estimate of drug-likeness (QED) is 0.216. The zero-order valence-corrected chi connectivity index (χ0v) is 23.2. The lowest BCUT2D eigenvalue weighted by Gasteiger charge is -2.28. The monoisotopic (exact) mass is 550 g/mol. The van der Waals surface area contributed by atoms with E-state index in [-0.39, 0.29) is 12.1 Å². The Morgan fingerprint density at radius 1 is 0.821 bits per heavy atom. The number of hydrogen-bond acceptors (Lipinski definition) is 3. The number of aromatic nitrogens is 2. The average molecular weight is 551 g/mol. The highest BCUT2D eigenvalue weighted by Gasteiger charge is 2.42. The molecular weight excluding hydrogens is 524 g/mol. The summed E-state index contributed by atoms with van der Waals surface area (Å²) in [4.78, 5) is 6.88. The van der Waals surface area contributed by atoms with Crippen molar-refractivity contribution in [1.82, 2.24) is 14.9 Å². The number of pyridine rings is 1. The number of thiocarbonyl (C=S) groups is 1. The van der Waals surface area contributed by atoms with Gasteiger partial charge in [-0.2, -0.15) is 0 Å². The van der Waals surface area contributed by atoms with Crippen molar-refractivity contribution >= 4 is 34.6 Å². The van der Waals surface area contributed by atoms with Crippen LogP contribution in [0.5, 0.6) is 11.5 Å². The third kappa shape index (κ3) is 4.89. The number of hydrogen-bond donors (Lipinski definition) is 1. The van der Waals surface area contributed by atoms with Crippen LogP contribution in [-0.2, 0) is 0 Å². The molecule has 1 saturated heterocycles. The first-order valence-electron chi connectivity index (χ1n) is 12.8. The lowest BCUT2D eigenvalue weighted by molar-refractivity contribution is 0.482. The Morgan fingerprint density at radius 2 is 1.56 bits per heavy atom. The van der Waals surface area contributed by atoms with Crippen molar-refractivity contribution < 1.29 is 4.74 Å². The van der Waals surface area contributed by atoms with Crippen molar-refractivity contribution in [2.45, 2.75) is 25.9 Å². The van der Waals surface area contributed by atoms with Crippen LogP contribution in [0.1, 0.15) is 34.7 Å². The van der Waals surface area contributed by atoms with Gasteiger partial charge in [-0.1, -0.05) is 41.9 Å². The van der Waals surface area contributed by atoms with Gasteiger partial charge < -0.3 is 19.5 Å². The van der Waals surface area contributed by atoms with Crippen LogP contribution in [0.4, 0.5) is 5.69 Å². The van der Waals surface area contributed by atoms with E-state index in [1.54, 1.807) is 0 Å². The number of anilines is 1. The Kier molecular flexibility index (Phi) is 6.81. The second kappa shape index (κ2) is 10.6. The van der Waals surface area contributed by atoms with E-state index in [2.05, 4.69) is 52.9 Å². The molecule has 3 aromatic carbocycles. The van der Waals surface area contributed by atoms with Crippen LogP contribution in [0.3, 0.4) is 0 Å². The van der Waals surface area contributed by atoms with Crippen LogP contribution >= 0.6 is 23.8 Å². The summed E-state index contributed by atoms with van der Waals surface area (Å²) >= 11 is 12.3. The summed E-state index contributed by atoms with van der Waals surface area (Å²) in [5.41, 5.74) is 6.35. The molecule has 5 aromatic rings. The molecule has 2 aromatic heterocycles. The van der Waals surface area contributed by atoms with Gasteiger partial charge in [0.1, 0.15) is 11.5 Å². The second-order valence-corrected chi connectivity index (χ2v) is 10.4. The molecule has 0 spiro atoms. The van der Waals surface area contributed by atoms with Crippen LogP contribution in [-0.4, -0.2) is 14.7 Å². The fourth-order valence-corrected chi connectivity index (χ4v) is 5.88. The van der Waals surface area contributed by atoms with Crippen molar-refractivity contribution in [2.75, 3.05) is 4.90 Å². The number of nitrogens with zero attached hydrogens (tertiary/aromatic N) is 3. The standard InChI is InChI=1S/C32H27ClN4OS/c1-21-19-28(22(2)36(21)25-10-8-9-23(33)20-25)31-30(29-13-6-7-18-34-29)35-32(39)37(31)24-14-16-27(17-15-24)38-26-11-4-3-5-12-26/h3-20,30-31H,1-2H3,(H,35,39)/t30-,31-/m0/s1. The van der Waals surface area contributed by atoms with Crippen LogP contribution in [0.25, 0.3) is 5.69 Å². The molecule has 2 atom stereocenters. The van der Waals surface area contributed by atoms with Gasteiger partial charge in [-0.05, 0) is 104 Å². The van der Waals surface area contributed by atoms with Crippen LogP contribution in [0, 0.1) is 13.8 Å². The Bertz CT molecular complexity index is 1620. The molecule has 0 radical (unpaired) electrons. The largest absolute Gasteiger partial charge is 0.457 e. The van der Waals surface area contributed by atoms with Gasteiger partial charge in [0.2, 0.25) is 0 Å². The first-order valence-corrected chi connectivity index (χ1v) is 13.6. The highest BCUT2D eigenvalue weighted by atomic mass is 35.5. The zero-order valence-electron chi connectivity index (χ0n) is 21.6. The Labute approximate surface area is 238 Å². The second-order valence-electron chi connectivity index (χ2n) is 9.55. The van der Waals surface area contributed by atoms with Crippen LogP contribution < -0.4 is 15.0 Å². The van der Waals surface area contributed by atoms with Crippen molar-refractivity contribution in [3.63, 3.8) is 0 Å². The molecule has 0 saturated carbocycles. The Morgan fingerprint density at radius 3 is 2.28 bits per heavy atom. The van der Waals surface area contributed by atoms with Gasteiger partial charge in [0.15, 0.2) is 5.11 Å². The predicted octanol–water partition coefficient (Wildman–Crippen LogP) is 8.11. The van der Waals surface area contributed by atoms with Crippen LogP contribution in [0.15, 0.2) is 109 Å². The van der Waals surface area contributed by atoms with Crippen LogP contribution in [0.2, 0.25) is 5.02 Å². The van der Waals surface area contributed by atoms with Gasteiger partial charge in [-0.15, -0.1) is 0 Å². The number of ether oxygens (including phenoxy) is 1. The predicted molar refractivity (Wildman–Crippen MR) is 161 cm³/mol. The summed E-state index contributed by atoms with van der Waals surface area (Å²) < 4.78 is 8.27. The van der Waals surface area contributed by atoms with Crippen molar-refractivity contribution in [3.8, 4) is 17.2 Å². The van der Waals surface area contributed by atoms with Gasteiger partial charge in [0.05, 0.1) is 17.8 Å². The third-order valence-electron chi connectivity index (χ3n) is 7.05. The lowest BCUT2D eigenvalue weighted by Crippen LogP contribution is -2.29. The first-order chi connectivity index (χ1) is 19.0. The van der Waals surface area contributed by atoms with E-state index in [9.17, 15) is 0 Å². The molecule has 0 amide bonds. The number of aryl methyl sites for hydroxylation is 1. The van der Waals surface area contributed by atoms with E-state index < -0.39 is 0 Å². The number of nitrogens with one attached hydrogen (secondary N) is 1. The third-order valence-corrected chi connectivity index (χ3v) is 7.60. The van der Waals surface area contributed by atoms with Gasteiger partial charge >= 0.3 is 0 Å². The number of benzene rings is 3. The van der Waals surface area contributed by atoms with Crippen molar-refractivity contribution in [1.29, 1.82) is 0 Å². The fourth-order valence-electron chi connectivity index (χ4n) is 5.35. The highest BCUT2D eigenvalue weighted by molar-refractivity contribution is 7.80. The minimum atomic E-state index is -0.132. The SMILES string of the molecule is Cc1cc([C@H]2[C@H](c3ccccn3)NC(=S)N2c2ccc(Oc3ccccc3)cc2)c(C)n1-c1cccc(Cl)c1. The van der Waals surface area contributed by atoms with E-state index >= 15 is 0 Å². The molecule has 1 aliphatic heterocycles. The summed E-state index contributed by atoms with van der Waals surface area (Å²) in [7, 11) is 0. The topological polar surface area (TPSA) is 42.3 Å². The van der Waals surface area contributed by atoms with Gasteiger partial charge in [-0.25, -0.2) is 0 Å². The molecule has 0 unspecified atom stereocenters. The summed E-state index contributed by atoms with van der Waals surface area (Å²) in [6, 6.07) is 33.7. The van der Waals surface area contributed by atoms with Crippen molar-refractivity contribution in [2.24, 2.45) is 0 Å². The molecule has 0 aliphatic carbocycles. The summed E-state index contributed by atoms with van der Waals surface area (Å²) in [6.45, 7) is 4.27. The first kappa shape index (κ1) is 25.2. The van der Waals surface area contributed by atoms with E-state index in [0.29, 0.717) is 10.1 Å². The molecule has 6 rings (SSSR count). The number of halogens is 1. The molecule has 0 bridgehead atoms. The molecular formula is C32H27ClN4OS. The fraction of sp³-hybridized carbons (Fsp3) is 0.125. The highest BCUT2D eigenvalue weighted by Crippen LogP contribution is 2.44. The smallest absolute Gasteiger partial charge is 0.174 e. The summed E-state index contributed by atoms with van der Waals surface area (Å²) in [5.74, 6) is 1.56. The lowest BCUT2D eigenvalue weighted by atomic mass is 9.96. The van der Waals surface area contributed by atoms with Gasteiger partial charge in [-0.3, -0.25) is 4.98 Å². The maximum atomic E-state index is 6.36. The Hall–Kier alpha value is -4.13. The minimum Gasteiger partial charge on any atom is -0.457 e. The molecule has 3 heterocycles. The molecule has 1 fully saturated rings. The molecule has 1 N–H and O–H groups in total. The molecule has 7 heteroatoms. The minimum absolute atomic E-state index is 0.118. The number of rotatable bonds is 6. The van der Waals surface area contributed by atoms with Crippen molar-refractivity contribution in [3.05, 3.63) is 137 Å². The van der Waals surface area contributed by atoms with E-state index in [4.69, 9.17) is 33.5 Å². The maximum Gasteiger partial charge on any atom is 0.174 e. The summed E-state index contributed by atoms with van der Waals surface area (Å²) in [6.07, 6.45) is 1.82. The molecule has 1 aliphatic rings. The van der Waals surface area contributed by atoms with Gasteiger partial charge in [0, 0.05) is 34.0 Å². The summed E-state index contributed by atoms with van der Waals surface area (Å²) in [5, 5.41) is 4.92. The number of para-hydroxylation sites is 1. The molecule has 194 valence electrons. The molecule has 5 nitrogen and oxygen atoms in total. The van der Waals surface area contributed by atoms with E-state index in [0.717, 1.165) is 40.0 Å².